The summed E-state index contributed by atoms with van der Waals surface area (Å²) in [7, 11) is 1.63. The summed E-state index contributed by atoms with van der Waals surface area (Å²) < 4.78 is 10.7. The molecular weight excluding hydrogens is 374 g/mol. The molecule has 144 valence electrons. The zero-order valence-corrected chi connectivity index (χ0v) is 16.4. The highest BCUT2D eigenvalue weighted by molar-refractivity contribution is 7.18. The van der Waals surface area contributed by atoms with Gasteiger partial charge in [0.05, 0.1) is 12.5 Å². The molecule has 0 saturated carbocycles. The summed E-state index contributed by atoms with van der Waals surface area (Å²) in [5.74, 6) is 0.727. The van der Waals surface area contributed by atoms with Gasteiger partial charge in [0.1, 0.15) is 10.8 Å². The van der Waals surface area contributed by atoms with Crippen LogP contribution in [0.3, 0.4) is 0 Å². The Hall–Kier alpha value is -2.77. The first-order valence-electron chi connectivity index (χ1n) is 9.14. The number of rotatable bonds is 5. The Morgan fingerprint density at radius 2 is 1.79 bits per heavy atom. The molecule has 1 saturated heterocycles. The van der Waals surface area contributed by atoms with E-state index in [9.17, 15) is 4.79 Å². The van der Waals surface area contributed by atoms with Crippen LogP contribution in [0, 0.1) is 0 Å². The monoisotopic (exact) mass is 395 g/mol. The number of ether oxygens (including phenoxy) is 2. The minimum Gasteiger partial charge on any atom is -0.497 e. The van der Waals surface area contributed by atoms with Crippen molar-refractivity contribution in [1.29, 1.82) is 0 Å². The summed E-state index contributed by atoms with van der Waals surface area (Å²) >= 11 is 1.36. The normalized spacial score (nSPS) is 15.8. The number of nitrogens with one attached hydrogen (secondary N) is 1. The Morgan fingerprint density at radius 3 is 2.46 bits per heavy atom. The predicted molar refractivity (Wildman–Crippen MR) is 109 cm³/mol. The van der Waals surface area contributed by atoms with Gasteiger partial charge in [-0.2, -0.15) is 0 Å². The molecule has 2 aromatic carbocycles. The average molecular weight is 395 g/mol. The summed E-state index contributed by atoms with van der Waals surface area (Å²) in [5.41, 5.74) is 1.34. The highest BCUT2D eigenvalue weighted by atomic mass is 32.1. The van der Waals surface area contributed by atoms with Crippen molar-refractivity contribution < 1.29 is 14.3 Å². The first kappa shape index (κ1) is 18.6. The molecule has 4 rings (SSSR count). The summed E-state index contributed by atoms with van der Waals surface area (Å²) in [6, 6.07) is 17.5. The lowest BCUT2D eigenvalue weighted by atomic mass is 9.73. The van der Waals surface area contributed by atoms with Gasteiger partial charge in [-0.3, -0.25) is 10.1 Å². The molecule has 0 aliphatic carbocycles. The molecule has 0 radical (unpaired) electrons. The second-order valence-corrected chi connectivity index (χ2v) is 7.63. The van der Waals surface area contributed by atoms with Crippen molar-refractivity contribution in [3.05, 3.63) is 60.2 Å². The molecule has 0 spiro atoms. The van der Waals surface area contributed by atoms with Gasteiger partial charge in [-0.15, -0.1) is 10.2 Å². The lowest BCUT2D eigenvalue weighted by molar-refractivity contribution is -0.125. The quantitative estimate of drug-likeness (QED) is 0.709. The number of carbonyl (C=O) groups excluding carboxylic acids is 1. The number of nitrogens with zero attached hydrogens (tertiary/aromatic N) is 2. The fraction of sp³-hybridized carbons (Fsp3) is 0.286. The van der Waals surface area contributed by atoms with E-state index in [1.807, 2.05) is 54.6 Å². The van der Waals surface area contributed by atoms with Crippen molar-refractivity contribution in [3.8, 4) is 16.3 Å². The SMILES string of the molecule is COc1ccc(-c2nnc(NC(=O)C3(c4ccccc4)CCOCC3)s2)cc1. The van der Waals surface area contributed by atoms with Crippen LogP contribution < -0.4 is 10.1 Å². The van der Waals surface area contributed by atoms with Crippen LogP contribution in [-0.4, -0.2) is 36.4 Å². The van der Waals surface area contributed by atoms with Gasteiger partial charge in [-0.1, -0.05) is 41.7 Å². The van der Waals surface area contributed by atoms with Gasteiger partial charge in [-0.25, -0.2) is 0 Å². The number of benzene rings is 2. The number of aromatic nitrogens is 2. The fourth-order valence-electron chi connectivity index (χ4n) is 3.46. The van der Waals surface area contributed by atoms with Gasteiger partial charge in [0, 0.05) is 18.8 Å². The maximum atomic E-state index is 13.3. The van der Waals surface area contributed by atoms with Crippen molar-refractivity contribution in [3.63, 3.8) is 0 Å². The molecule has 1 aliphatic rings. The van der Waals surface area contributed by atoms with Crippen LogP contribution in [0.25, 0.3) is 10.6 Å². The molecular formula is C21H21N3O3S. The van der Waals surface area contributed by atoms with Gasteiger partial charge in [0.25, 0.3) is 0 Å². The molecule has 2 heterocycles. The number of methoxy groups -OCH3 is 1. The van der Waals surface area contributed by atoms with Gasteiger partial charge < -0.3 is 9.47 Å². The van der Waals surface area contributed by atoms with Gasteiger partial charge in [0.2, 0.25) is 11.0 Å². The van der Waals surface area contributed by atoms with E-state index in [0.717, 1.165) is 21.9 Å². The third kappa shape index (κ3) is 3.63. The van der Waals surface area contributed by atoms with E-state index in [1.165, 1.54) is 11.3 Å². The largest absolute Gasteiger partial charge is 0.497 e. The molecule has 7 heteroatoms. The van der Waals surface area contributed by atoms with Crippen LogP contribution >= 0.6 is 11.3 Å². The van der Waals surface area contributed by atoms with Gasteiger partial charge in [0.15, 0.2) is 0 Å². The number of hydrogen-bond acceptors (Lipinski definition) is 6. The predicted octanol–water partition coefficient (Wildman–Crippen LogP) is 3.90. The minimum atomic E-state index is -0.606. The highest BCUT2D eigenvalue weighted by Crippen LogP contribution is 2.37. The van der Waals surface area contributed by atoms with Crippen LogP contribution in [0.1, 0.15) is 18.4 Å². The molecule has 0 atom stereocenters. The molecule has 0 bridgehead atoms. The molecule has 1 aliphatic heterocycles. The van der Waals surface area contributed by atoms with E-state index in [-0.39, 0.29) is 5.91 Å². The van der Waals surface area contributed by atoms with E-state index in [0.29, 0.717) is 31.2 Å². The first-order chi connectivity index (χ1) is 13.7. The van der Waals surface area contributed by atoms with Crippen molar-refractivity contribution >= 4 is 22.4 Å². The van der Waals surface area contributed by atoms with Gasteiger partial charge in [-0.05, 0) is 42.7 Å². The molecule has 3 aromatic rings. The number of amides is 1. The zero-order chi connectivity index (χ0) is 19.4. The molecule has 1 N–H and O–H groups in total. The fourth-order valence-corrected chi connectivity index (χ4v) is 4.21. The van der Waals surface area contributed by atoms with E-state index >= 15 is 0 Å². The molecule has 1 amide bonds. The third-order valence-corrected chi connectivity index (χ3v) is 5.98. The summed E-state index contributed by atoms with van der Waals surface area (Å²) in [6.45, 7) is 1.13. The van der Waals surface area contributed by atoms with Crippen molar-refractivity contribution in [2.45, 2.75) is 18.3 Å². The Bertz CT molecular complexity index is 935. The smallest absolute Gasteiger partial charge is 0.237 e. The maximum absolute atomic E-state index is 13.3. The minimum absolute atomic E-state index is 0.0561. The van der Waals surface area contributed by atoms with Crippen molar-refractivity contribution in [2.75, 3.05) is 25.6 Å². The standard InChI is InChI=1S/C21H21N3O3S/c1-26-17-9-7-15(8-10-17)18-23-24-20(28-18)22-19(25)21(11-13-27-14-12-21)16-5-3-2-4-6-16/h2-10H,11-14H2,1H3,(H,22,24,25). The average Bonchev–Trinajstić information content (AvgIpc) is 3.23. The first-order valence-corrected chi connectivity index (χ1v) is 9.95. The maximum Gasteiger partial charge on any atom is 0.237 e. The number of carbonyl (C=O) groups is 1. The molecule has 1 aromatic heterocycles. The summed E-state index contributed by atoms with van der Waals surface area (Å²) in [4.78, 5) is 13.3. The van der Waals surface area contributed by atoms with Crippen LogP contribution in [0.5, 0.6) is 5.75 Å². The number of anilines is 1. The van der Waals surface area contributed by atoms with Gasteiger partial charge >= 0.3 is 0 Å². The summed E-state index contributed by atoms with van der Waals surface area (Å²) in [5, 5.41) is 12.6. The Morgan fingerprint density at radius 1 is 1.07 bits per heavy atom. The van der Waals surface area contributed by atoms with Crippen molar-refractivity contribution in [2.24, 2.45) is 0 Å². The Labute approximate surface area is 167 Å². The van der Waals surface area contributed by atoms with Crippen LogP contribution in [-0.2, 0) is 14.9 Å². The molecule has 0 unspecified atom stereocenters. The Kier molecular flexibility index (Phi) is 5.36. The van der Waals surface area contributed by atoms with Crippen LogP contribution in [0.15, 0.2) is 54.6 Å². The Balaban J connectivity index is 1.56. The van der Waals surface area contributed by atoms with Crippen molar-refractivity contribution in [1.82, 2.24) is 10.2 Å². The molecule has 6 nitrogen and oxygen atoms in total. The second kappa shape index (κ2) is 8.08. The van der Waals surface area contributed by atoms with Crippen LogP contribution in [0.2, 0.25) is 0 Å². The van der Waals surface area contributed by atoms with E-state index in [2.05, 4.69) is 15.5 Å². The van der Waals surface area contributed by atoms with Crippen LogP contribution in [0.4, 0.5) is 5.13 Å². The molecule has 28 heavy (non-hydrogen) atoms. The lowest BCUT2D eigenvalue weighted by Crippen LogP contribution is -2.44. The second-order valence-electron chi connectivity index (χ2n) is 6.66. The lowest BCUT2D eigenvalue weighted by Gasteiger charge is -2.35. The topological polar surface area (TPSA) is 73.3 Å². The molecule has 1 fully saturated rings. The van der Waals surface area contributed by atoms with E-state index in [1.54, 1.807) is 7.11 Å². The highest BCUT2D eigenvalue weighted by Gasteiger charge is 2.42. The zero-order valence-electron chi connectivity index (χ0n) is 15.6. The third-order valence-electron chi connectivity index (χ3n) is 5.09. The van der Waals surface area contributed by atoms with E-state index < -0.39 is 5.41 Å². The summed E-state index contributed by atoms with van der Waals surface area (Å²) in [6.07, 6.45) is 1.29. The number of hydrogen-bond donors (Lipinski definition) is 1. The van der Waals surface area contributed by atoms with E-state index in [4.69, 9.17) is 9.47 Å².